The van der Waals surface area contributed by atoms with Crippen molar-refractivity contribution in [1.82, 2.24) is 9.80 Å². The third kappa shape index (κ3) is 5.37. The van der Waals surface area contributed by atoms with E-state index in [1.807, 2.05) is 7.05 Å². The van der Waals surface area contributed by atoms with Crippen LogP contribution in [0.25, 0.3) is 0 Å². The summed E-state index contributed by atoms with van der Waals surface area (Å²) in [6.07, 6.45) is 1.51. The number of carbonyl (C=O) groups excluding carboxylic acids is 1. The number of sulfonamides is 1. The van der Waals surface area contributed by atoms with Crippen molar-refractivity contribution in [2.24, 2.45) is 0 Å². The fraction of sp³-hybridized carbons (Fsp3) is 0.562. The monoisotopic (exact) mass is 375 g/mol. The predicted molar refractivity (Wildman–Crippen MR) is 91.9 cm³/mol. The molecule has 9 heteroatoms. The van der Waals surface area contributed by atoms with Crippen molar-refractivity contribution in [2.45, 2.75) is 12.8 Å². The lowest BCUT2D eigenvalue weighted by atomic mass is 10.2. The Morgan fingerprint density at radius 1 is 1.16 bits per heavy atom. The Labute approximate surface area is 147 Å². The molecule has 0 radical (unpaired) electrons. The largest absolute Gasteiger partial charge is 0.340 e. The fourth-order valence-corrected chi connectivity index (χ4v) is 3.67. The first-order chi connectivity index (χ1) is 11.7. The summed E-state index contributed by atoms with van der Waals surface area (Å²) in [7, 11) is -1.67. The molecule has 0 aromatic heterocycles. The summed E-state index contributed by atoms with van der Waals surface area (Å²) in [5.74, 6) is -2.17. The number of anilines is 1. The molecule has 1 heterocycles. The third-order valence-electron chi connectivity index (χ3n) is 4.20. The molecule has 6 nitrogen and oxygen atoms in total. The molecule has 0 unspecified atom stereocenters. The summed E-state index contributed by atoms with van der Waals surface area (Å²) in [6, 6.07) is 2.94. The van der Waals surface area contributed by atoms with Crippen LogP contribution in [0.1, 0.15) is 12.8 Å². The van der Waals surface area contributed by atoms with Gasteiger partial charge in [0, 0.05) is 45.2 Å². The minimum absolute atomic E-state index is 0.0214. The fourth-order valence-electron chi connectivity index (χ4n) is 2.71. The number of likely N-dealkylation sites (N-methyl/N-ethyl adjacent to an activating group) is 1. The summed E-state index contributed by atoms with van der Waals surface area (Å²) in [4.78, 5) is 16.1. The van der Waals surface area contributed by atoms with E-state index in [4.69, 9.17) is 0 Å². The van der Waals surface area contributed by atoms with E-state index in [9.17, 15) is 22.0 Å². The number of hydrogen-bond donors (Lipinski definition) is 0. The van der Waals surface area contributed by atoms with Crippen molar-refractivity contribution < 1.29 is 22.0 Å². The maximum atomic E-state index is 13.4. The molecule has 25 heavy (non-hydrogen) atoms. The van der Waals surface area contributed by atoms with E-state index in [0.717, 1.165) is 35.8 Å². The number of hydrogen-bond acceptors (Lipinski definition) is 4. The molecule has 0 bridgehead atoms. The smallest absolute Gasteiger partial charge is 0.232 e. The molecule has 0 spiro atoms. The quantitative estimate of drug-likeness (QED) is 0.752. The summed E-state index contributed by atoms with van der Waals surface area (Å²) in [5, 5.41) is 0. The molecule has 1 aromatic carbocycles. The SMILES string of the molecule is CN1CCN(C(=O)CCCN(c2ccc(F)c(F)c2)S(C)(=O)=O)CC1. The van der Waals surface area contributed by atoms with Crippen LogP contribution in [0.2, 0.25) is 0 Å². The first-order valence-electron chi connectivity index (χ1n) is 8.07. The van der Waals surface area contributed by atoms with Gasteiger partial charge in [0.2, 0.25) is 15.9 Å². The van der Waals surface area contributed by atoms with Gasteiger partial charge in [-0.25, -0.2) is 17.2 Å². The van der Waals surface area contributed by atoms with Gasteiger partial charge in [0.05, 0.1) is 11.9 Å². The number of amides is 1. The molecule has 140 valence electrons. The predicted octanol–water partition coefficient (Wildman–Crippen LogP) is 1.28. The van der Waals surface area contributed by atoms with Crippen LogP contribution in [0.3, 0.4) is 0 Å². The van der Waals surface area contributed by atoms with Crippen molar-refractivity contribution in [3.05, 3.63) is 29.8 Å². The van der Waals surface area contributed by atoms with Gasteiger partial charge in [0.25, 0.3) is 0 Å². The van der Waals surface area contributed by atoms with Crippen LogP contribution in [-0.2, 0) is 14.8 Å². The molecule has 1 fully saturated rings. The molecule has 2 rings (SSSR count). The molecule has 1 aromatic rings. The zero-order chi connectivity index (χ0) is 18.6. The minimum atomic E-state index is -3.67. The second-order valence-corrected chi connectivity index (χ2v) is 8.13. The van der Waals surface area contributed by atoms with E-state index in [0.29, 0.717) is 19.5 Å². The first-order valence-corrected chi connectivity index (χ1v) is 9.92. The van der Waals surface area contributed by atoms with Gasteiger partial charge in [-0.05, 0) is 25.6 Å². The van der Waals surface area contributed by atoms with E-state index >= 15 is 0 Å². The number of carbonyl (C=O) groups is 1. The molecule has 0 atom stereocenters. The van der Waals surface area contributed by atoms with Gasteiger partial charge < -0.3 is 9.80 Å². The Kier molecular flexibility index (Phi) is 6.34. The minimum Gasteiger partial charge on any atom is -0.340 e. The van der Waals surface area contributed by atoms with Crippen LogP contribution in [0.5, 0.6) is 0 Å². The van der Waals surface area contributed by atoms with Gasteiger partial charge in [-0.15, -0.1) is 0 Å². The van der Waals surface area contributed by atoms with Gasteiger partial charge in [-0.2, -0.15) is 0 Å². The van der Waals surface area contributed by atoms with Crippen molar-refractivity contribution in [2.75, 3.05) is 50.3 Å². The zero-order valence-corrected chi connectivity index (χ0v) is 15.2. The summed E-state index contributed by atoms with van der Waals surface area (Å²) < 4.78 is 51.3. The Morgan fingerprint density at radius 2 is 1.80 bits per heavy atom. The van der Waals surface area contributed by atoms with E-state index in [1.54, 1.807) is 4.90 Å². The van der Waals surface area contributed by atoms with Gasteiger partial charge in [0.15, 0.2) is 11.6 Å². The van der Waals surface area contributed by atoms with Gasteiger partial charge >= 0.3 is 0 Å². The Bertz CT molecular complexity index is 719. The van der Waals surface area contributed by atoms with E-state index in [1.165, 1.54) is 6.07 Å². The van der Waals surface area contributed by atoms with E-state index < -0.39 is 21.7 Å². The molecule has 1 aliphatic heterocycles. The lowest BCUT2D eigenvalue weighted by Crippen LogP contribution is -2.47. The third-order valence-corrected chi connectivity index (χ3v) is 5.39. The van der Waals surface area contributed by atoms with Crippen molar-refractivity contribution in [1.29, 1.82) is 0 Å². The Morgan fingerprint density at radius 3 is 2.36 bits per heavy atom. The molecule has 0 N–H and O–H groups in total. The maximum Gasteiger partial charge on any atom is 0.232 e. The van der Waals surface area contributed by atoms with E-state index in [-0.39, 0.29) is 24.6 Å². The highest BCUT2D eigenvalue weighted by atomic mass is 32.2. The van der Waals surface area contributed by atoms with Crippen LogP contribution < -0.4 is 4.31 Å². The molecule has 1 aliphatic rings. The standard InChI is InChI=1S/C16H23F2N3O3S/c1-19-8-10-20(11-9-19)16(22)4-3-7-21(25(2,23)24)13-5-6-14(17)15(18)12-13/h5-6,12H,3-4,7-11H2,1-2H3. The molecule has 0 aliphatic carbocycles. The average Bonchev–Trinajstić information content (AvgIpc) is 2.53. The highest BCUT2D eigenvalue weighted by Crippen LogP contribution is 2.21. The van der Waals surface area contributed by atoms with Gasteiger partial charge in [0.1, 0.15) is 0 Å². The van der Waals surface area contributed by atoms with Crippen LogP contribution in [0, 0.1) is 11.6 Å². The second kappa shape index (κ2) is 8.09. The van der Waals surface area contributed by atoms with Crippen molar-refractivity contribution in [3.8, 4) is 0 Å². The van der Waals surface area contributed by atoms with E-state index in [2.05, 4.69) is 4.90 Å². The van der Waals surface area contributed by atoms with Gasteiger partial charge in [-0.1, -0.05) is 0 Å². The maximum absolute atomic E-state index is 13.4. The lowest BCUT2D eigenvalue weighted by Gasteiger charge is -2.32. The summed E-state index contributed by atoms with van der Waals surface area (Å²) in [5.41, 5.74) is 0.0495. The number of nitrogens with zero attached hydrogens (tertiary/aromatic N) is 3. The van der Waals surface area contributed by atoms with Gasteiger partial charge in [-0.3, -0.25) is 9.10 Å². The number of benzene rings is 1. The molecular formula is C16H23F2N3O3S. The highest BCUT2D eigenvalue weighted by Gasteiger charge is 2.21. The first kappa shape index (κ1) is 19.6. The topological polar surface area (TPSA) is 60.9 Å². The second-order valence-electron chi connectivity index (χ2n) is 6.22. The van der Waals surface area contributed by atoms with Crippen LogP contribution in [-0.4, -0.2) is 70.2 Å². The summed E-state index contributed by atoms with van der Waals surface area (Å²) >= 11 is 0. The molecule has 0 saturated carbocycles. The lowest BCUT2D eigenvalue weighted by molar-refractivity contribution is -0.132. The summed E-state index contributed by atoms with van der Waals surface area (Å²) in [6.45, 7) is 2.98. The molecule has 1 amide bonds. The normalized spacial score (nSPS) is 16.1. The number of halogens is 2. The highest BCUT2D eigenvalue weighted by molar-refractivity contribution is 7.92. The number of rotatable bonds is 6. The molecular weight excluding hydrogens is 352 g/mol. The van der Waals surface area contributed by atoms with Crippen LogP contribution in [0.15, 0.2) is 18.2 Å². The van der Waals surface area contributed by atoms with Crippen molar-refractivity contribution in [3.63, 3.8) is 0 Å². The number of piperazine rings is 1. The molecule has 1 saturated heterocycles. The Hall–Kier alpha value is -1.74. The van der Waals surface area contributed by atoms with Crippen LogP contribution in [0.4, 0.5) is 14.5 Å². The Balaban J connectivity index is 1.97. The zero-order valence-electron chi connectivity index (χ0n) is 14.4. The van der Waals surface area contributed by atoms with Crippen LogP contribution >= 0.6 is 0 Å². The van der Waals surface area contributed by atoms with Crippen molar-refractivity contribution >= 4 is 21.6 Å². The average molecular weight is 375 g/mol.